The SMILES string of the molecule is CCC(=O)Nc1ccc(S(=O)(=O)c2nc(CO)cc(Nc3cc(C)[nH]n3)n2)cc1. The van der Waals surface area contributed by atoms with Crippen molar-refractivity contribution in [3.05, 3.63) is 47.8 Å². The highest BCUT2D eigenvalue weighted by molar-refractivity contribution is 7.91. The van der Waals surface area contributed by atoms with Crippen LogP contribution in [0.2, 0.25) is 0 Å². The second-order valence-electron chi connectivity index (χ2n) is 6.18. The third-order valence-electron chi connectivity index (χ3n) is 3.89. The number of aromatic nitrogens is 4. The van der Waals surface area contributed by atoms with Gasteiger partial charge in [-0.25, -0.2) is 18.4 Å². The molecule has 1 amide bonds. The lowest BCUT2D eigenvalue weighted by atomic mass is 10.3. The molecule has 3 aromatic rings. The van der Waals surface area contributed by atoms with Crippen LogP contribution in [0.4, 0.5) is 17.3 Å². The first-order valence-electron chi connectivity index (χ1n) is 8.74. The largest absolute Gasteiger partial charge is 0.390 e. The van der Waals surface area contributed by atoms with Crippen LogP contribution < -0.4 is 10.6 Å². The van der Waals surface area contributed by atoms with Gasteiger partial charge in [-0.05, 0) is 31.2 Å². The molecule has 0 fully saturated rings. The van der Waals surface area contributed by atoms with Crippen molar-refractivity contribution in [3.63, 3.8) is 0 Å². The number of hydrogen-bond donors (Lipinski definition) is 4. The smallest absolute Gasteiger partial charge is 0.254 e. The summed E-state index contributed by atoms with van der Waals surface area (Å²) >= 11 is 0. The van der Waals surface area contributed by atoms with Crippen molar-refractivity contribution in [2.75, 3.05) is 10.6 Å². The summed E-state index contributed by atoms with van der Waals surface area (Å²) in [7, 11) is -4.05. The fourth-order valence-electron chi connectivity index (χ4n) is 2.42. The molecule has 29 heavy (non-hydrogen) atoms. The third-order valence-corrected chi connectivity index (χ3v) is 5.45. The number of aliphatic hydroxyl groups is 1. The number of aryl methyl sites for hydroxylation is 1. The Labute approximate surface area is 167 Å². The molecule has 3 rings (SSSR count). The fraction of sp³-hybridized carbons (Fsp3) is 0.222. The maximum Gasteiger partial charge on any atom is 0.254 e. The van der Waals surface area contributed by atoms with E-state index >= 15 is 0 Å². The molecular formula is C18H20N6O4S. The van der Waals surface area contributed by atoms with E-state index in [2.05, 4.69) is 30.8 Å². The molecule has 0 aliphatic rings. The van der Waals surface area contributed by atoms with E-state index in [0.29, 0.717) is 17.9 Å². The Morgan fingerprint density at radius 3 is 2.45 bits per heavy atom. The van der Waals surface area contributed by atoms with E-state index in [-0.39, 0.29) is 22.3 Å². The number of H-pyrrole nitrogens is 1. The lowest BCUT2D eigenvalue weighted by molar-refractivity contribution is -0.115. The topological polar surface area (TPSA) is 150 Å². The van der Waals surface area contributed by atoms with E-state index in [9.17, 15) is 18.3 Å². The molecule has 0 saturated carbocycles. The molecule has 0 aliphatic carbocycles. The minimum Gasteiger partial charge on any atom is -0.390 e. The number of nitrogens with zero attached hydrogens (tertiary/aromatic N) is 3. The minimum absolute atomic E-state index is 0.0383. The molecule has 10 nitrogen and oxygen atoms in total. The Balaban J connectivity index is 1.93. The average Bonchev–Trinajstić information content (AvgIpc) is 3.12. The first kappa shape index (κ1) is 20.4. The van der Waals surface area contributed by atoms with E-state index < -0.39 is 21.6 Å². The Kier molecular flexibility index (Phi) is 5.89. The highest BCUT2D eigenvalue weighted by Gasteiger charge is 2.23. The maximum atomic E-state index is 13.0. The zero-order valence-corrected chi connectivity index (χ0v) is 16.6. The van der Waals surface area contributed by atoms with Gasteiger partial charge in [0.15, 0.2) is 5.82 Å². The van der Waals surface area contributed by atoms with E-state index in [0.717, 1.165) is 5.69 Å². The van der Waals surface area contributed by atoms with Crippen molar-refractivity contribution < 1.29 is 18.3 Å². The van der Waals surface area contributed by atoms with Gasteiger partial charge in [0.25, 0.3) is 5.16 Å². The van der Waals surface area contributed by atoms with Crippen molar-refractivity contribution in [1.29, 1.82) is 0 Å². The minimum atomic E-state index is -4.05. The van der Waals surface area contributed by atoms with Crippen molar-refractivity contribution in [2.24, 2.45) is 0 Å². The lowest BCUT2D eigenvalue weighted by Crippen LogP contribution is -2.12. The van der Waals surface area contributed by atoms with Crippen LogP contribution in [0.25, 0.3) is 0 Å². The Morgan fingerprint density at radius 1 is 1.14 bits per heavy atom. The predicted octanol–water partition coefficient (Wildman–Crippen LogP) is 1.93. The molecule has 2 heterocycles. The van der Waals surface area contributed by atoms with Crippen molar-refractivity contribution in [2.45, 2.75) is 36.9 Å². The summed E-state index contributed by atoms with van der Waals surface area (Å²) in [4.78, 5) is 19.4. The number of amides is 1. The molecule has 0 saturated heterocycles. The molecule has 0 atom stereocenters. The molecule has 0 spiro atoms. The van der Waals surface area contributed by atoms with Crippen molar-refractivity contribution in [1.82, 2.24) is 20.2 Å². The van der Waals surface area contributed by atoms with Gasteiger partial charge in [0.05, 0.1) is 17.2 Å². The molecule has 0 unspecified atom stereocenters. The number of carbonyl (C=O) groups excluding carboxylic acids is 1. The number of aromatic amines is 1. The summed E-state index contributed by atoms with van der Waals surface area (Å²) in [6, 6.07) is 8.86. The van der Waals surface area contributed by atoms with Crippen molar-refractivity contribution in [3.8, 4) is 0 Å². The zero-order chi connectivity index (χ0) is 21.0. The number of nitrogens with one attached hydrogen (secondary N) is 3. The first-order chi connectivity index (χ1) is 13.8. The number of aliphatic hydroxyl groups excluding tert-OH is 1. The van der Waals surface area contributed by atoms with E-state index in [1.54, 1.807) is 13.0 Å². The van der Waals surface area contributed by atoms with Crippen LogP contribution in [0.3, 0.4) is 0 Å². The van der Waals surface area contributed by atoms with E-state index in [4.69, 9.17) is 0 Å². The van der Waals surface area contributed by atoms with E-state index in [1.165, 1.54) is 30.3 Å². The molecule has 0 bridgehead atoms. The number of hydrogen-bond acceptors (Lipinski definition) is 8. The molecule has 2 aromatic heterocycles. The van der Waals surface area contributed by atoms with E-state index in [1.807, 2.05) is 6.92 Å². The molecular weight excluding hydrogens is 396 g/mol. The number of carbonyl (C=O) groups is 1. The summed E-state index contributed by atoms with van der Waals surface area (Å²) in [6.45, 7) is 3.08. The number of rotatable bonds is 7. The number of sulfone groups is 1. The molecule has 0 aliphatic heterocycles. The molecule has 11 heteroatoms. The monoisotopic (exact) mass is 416 g/mol. The zero-order valence-electron chi connectivity index (χ0n) is 15.8. The molecule has 152 valence electrons. The second-order valence-corrected chi connectivity index (χ2v) is 8.02. The van der Waals surface area contributed by atoms with Crippen LogP contribution in [0, 0.1) is 6.92 Å². The van der Waals surface area contributed by atoms with Gasteiger partial charge in [-0.15, -0.1) is 0 Å². The van der Waals surface area contributed by atoms with Gasteiger partial charge in [0.1, 0.15) is 5.82 Å². The van der Waals surface area contributed by atoms with Gasteiger partial charge >= 0.3 is 0 Å². The summed E-state index contributed by atoms with van der Waals surface area (Å²) in [5, 5.41) is 21.3. The van der Waals surface area contributed by atoms with Gasteiger partial charge < -0.3 is 15.7 Å². The van der Waals surface area contributed by atoms with Crippen LogP contribution in [-0.4, -0.2) is 39.6 Å². The van der Waals surface area contributed by atoms with Crippen LogP contribution >= 0.6 is 0 Å². The van der Waals surface area contributed by atoms with Gasteiger partial charge in [-0.1, -0.05) is 6.92 Å². The number of benzene rings is 1. The lowest BCUT2D eigenvalue weighted by Gasteiger charge is -2.09. The van der Waals surface area contributed by atoms with Gasteiger partial charge in [-0.3, -0.25) is 9.89 Å². The Bertz CT molecular complexity index is 1130. The fourth-order valence-corrected chi connectivity index (χ4v) is 3.59. The summed E-state index contributed by atoms with van der Waals surface area (Å²) in [5.74, 6) is 0.453. The Hall–Kier alpha value is -3.31. The maximum absolute atomic E-state index is 13.0. The predicted molar refractivity (Wildman–Crippen MR) is 105 cm³/mol. The average molecular weight is 416 g/mol. The summed E-state index contributed by atoms with van der Waals surface area (Å²) < 4.78 is 25.9. The molecule has 4 N–H and O–H groups in total. The third kappa shape index (κ3) is 4.76. The van der Waals surface area contributed by atoms with Gasteiger partial charge in [0, 0.05) is 29.9 Å². The summed E-state index contributed by atoms with van der Waals surface area (Å²) in [5.41, 5.74) is 1.43. The first-order valence-corrected chi connectivity index (χ1v) is 10.2. The van der Waals surface area contributed by atoms with Crippen LogP contribution in [-0.2, 0) is 21.2 Å². The molecule has 1 aromatic carbocycles. The van der Waals surface area contributed by atoms with Crippen LogP contribution in [0.5, 0.6) is 0 Å². The normalized spacial score (nSPS) is 11.3. The van der Waals surface area contributed by atoms with Crippen molar-refractivity contribution >= 4 is 33.1 Å². The van der Waals surface area contributed by atoms with Crippen LogP contribution in [0.15, 0.2) is 46.5 Å². The number of anilines is 3. The van der Waals surface area contributed by atoms with Gasteiger partial charge in [-0.2, -0.15) is 5.10 Å². The summed E-state index contributed by atoms with van der Waals surface area (Å²) in [6.07, 6.45) is 0.313. The quantitative estimate of drug-likeness (QED) is 0.427. The highest BCUT2D eigenvalue weighted by Crippen LogP contribution is 2.23. The van der Waals surface area contributed by atoms with Crippen LogP contribution in [0.1, 0.15) is 24.7 Å². The van der Waals surface area contributed by atoms with Gasteiger partial charge in [0.2, 0.25) is 15.7 Å². The Morgan fingerprint density at radius 2 is 1.86 bits per heavy atom. The standard InChI is InChI=1S/C18H20N6O4S/c1-3-17(26)19-12-4-6-14(7-5-12)29(27,28)18-20-13(10-25)9-15(22-18)21-16-8-11(2)23-24-16/h4-9,25H,3,10H2,1-2H3,(H,19,26)(H2,20,21,22,23,24). The second kappa shape index (κ2) is 8.37. The highest BCUT2D eigenvalue weighted by atomic mass is 32.2. The molecule has 0 radical (unpaired) electrons.